The molecule has 2 atom stereocenters. The van der Waals surface area contributed by atoms with Gasteiger partial charge in [-0.15, -0.1) is 6.42 Å². The Morgan fingerprint density at radius 1 is 1.12 bits per heavy atom. The van der Waals surface area contributed by atoms with Gasteiger partial charge in [-0.25, -0.2) is 4.79 Å². The zero-order valence-electron chi connectivity index (χ0n) is 19.6. The molecular weight excluding hydrogens is 398 g/mol. The number of fused-ring (bicyclic) bond motifs is 1. The number of likely N-dealkylation sites (tertiary alicyclic amines) is 1. The SMILES string of the molecule is C#CCn1c(=O)n(C2CCN(CC3(CC)CCCCCCC3)CC2CO)c2ccccc21. The van der Waals surface area contributed by atoms with Crippen molar-refractivity contribution in [1.82, 2.24) is 14.0 Å². The molecule has 4 rings (SSSR count). The summed E-state index contributed by atoms with van der Waals surface area (Å²) in [5.41, 5.74) is 2.17. The molecule has 0 spiro atoms. The zero-order valence-corrected chi connectivity index (χ0v) is 19.6. The van der Waals surface area contributed by atoms with E-state index >= 15 is 0 Å². The predicted octanol–water partition coefficient (Wildman–Crippen LogP) is 4.43. The van der Waals surface area contributed by atoms with Crippen LogP contribution in [0.2, 0.25) is 0 Å². The zero-order chi connectivity index (χ0) is 22.6. The lowest BCUT2D eigenvalue weighted by Crippen LogP contribution is -2.48. The van der Waals surface area contributed by atoms with Gasteiger partial charge in [0, 0.05) is 38.2 Å². The Bertz CT molecular complexity index is 990. The van der Waals surface area contributed by atoms with Crippen molar-refractivity contribution in [3.63, 3.8) is 0 Å². The Morgan fingerprint density at radius 3 is 2.47 bits per heavy atom. The molecule has 32 heavy (non-hydrogen) atoms. The molecule has 1 N–H and O–H groups in total. The number of rotatable bonds is 6. The van der Waals surface area contributed by atoms with Crippen LogP contribution >= 0.6 is 0 Å². The molecule has 1 aromatic heterocycles. The van der Waals surface area contributed by atoms with Gasteiger partial charge < -0.3 is 10.0 Å². The molecule has 1 saturated heterocycles. The first-order valence-corrected chi connectivity index (χ1v) is 12.6. The number of aliphatic hydroxyl groups excluding tert-OH is 1. The van der Waals surface area contributed by atoms with E-state index in [1.54, 1.807) is 4.57 Å². The first kappa shape index (κ1) is 23.1. The fraction of sp³-hybridized carbons (Fsp3) is 0.667. The van der Waals surface area contributed by atoms with Crippen molar-refractivity contribution in [2.75, 3.05) is 26.2 Å². The van der Waals surface area contributed by atoms with Crippen molar-refractivity contribution in [3.05, 3.63) is 34.7 Å². The number of piperidine rings is 1. The van der Waals surface area contributed by atoms with Crippen molar-refractivity contribution < 1.29 is 5.11 Å². The van der Waals surface area contributed by atoms with Crippen molar-refractivity contribution in [2.45, 2.75) is 77.3 Å². The van der Waals surface area contributed by atoms with E-state index in [1.165, 1.54) is 51.4 Å². The summed E-state index contributed by atoms with van der Waals surface area (Å²) in [6.07, 6.45) is 17.1. The van der Waals surface area contributed by atoms with Crippen LogP contribution in [0, 0.1) is 23.7 Å². The summed E-state index contributed by atoms with van der Waals surface area (Å²) < 4.78 is 3.60. The maximum absolute atomic E-state index is 13.3. The highest BCUT2D eigenvalue weighted by atomic mass is 16.3. The highest BCUT2D eigenvalue weighted by Crippen LogP contribution is 2.40. The van der Waals surface area contributed by atoms with Crippen LogP contribution in [0.1, 0.15) is 70.8 Å². The number of terminal acetylenes is 1. The van der Waals surface area contributed by atoms with E-state index in [2.05, 4.69) is 17.7 Å². The molecule has 2 aromatic rings. The molecule has 2 aliphatic rings. The summed E-state index contributed by atoms with van der Waals surface area (Å²) in [5, 5.41) is 10.3. The Hall–Kier alpha value is -2.03. The van der Waals surface area contributed by atoms with Gasteiger partial charge in [0.15, 0.2) is 0 Å². The third-order valence-corrected chi connectivity index (χ3v) is 8.19. The van der Waals surface area contributed by atoms with E-state index in [0.29, 0.717) is 5.41 Å². The lowest BCUT2D eigenvalue weighted by molar-refractivity contribution is 0.0363. The Balaban J connectivity index is 1.57. The number of imidazole rings is 1. The molecule has 174 valence electrons. The van der Waals surface area contributed by atoms with E-state index in [-0.39, 0.29) is 30.8 Å². The maximum atomic E-state index is 13.3. The van der Waals surface area contributed by atoms with E-state index < -0.39 is 0 Å². The molecule has 1 aliphatic carbocycles. The predicted molar refractivity (Wildman–Crippen MR) is 131 cm³/mol. The highest BCUT2D eigenvalue weighted by Gasteiger charge is 2.37. The fourth-order valence-electron chi connectivity index (χ4n) is 6.31. The van der Waals surface area contributed by atoms with E-state index in [9.17, 15) is 9.90 Å². The molecule has 1 aliphatic heterocycles. The average molecular weight is 438 g/mol. The van der Waals surface area contributed by atoms with Gasteiger partial charge in [-0.05, 0) is 43.2 Å². The van der Waals surface area contributed by atoms with E-state index in [4.69, 9.17) is 6.42 Å². The average Bonchev–Trinajstić information content (AvgIpc) is 3.07. The smallest absolute Gasteiger partial charge is 0.330 e. The molecule has 5 heteroatoms. The third kappa shape index (κ3) is 4.54. The van der Waals surface area contributed by atoms with Gasteiger partial charge in [0.05, 0.1) is 17.6 Å². The number of hydrogen-bond donors (Lipinski definition) is 1. The quantitative estimate of drug-likeness (QED) is 0.680. The van der Waals surface area contributed by atoms with Crippen LogP contribution in [0.3, 0.4) is 0 Å². The maximum Gasteiger partial charge on any atom is 0.330 e. The minimum Gasteiger partial charge on any atom is -0.396 e. The minimum atomic E-state index is -0.0499. The van der Waals surface area contributed by atoms with Gasteiger partial charge in [0.1, 0.15) is 0 Å². The third-order valence-electron chi connectivity index (χ3n) is 8.19. The number of nitrogens with zero attached hydrogens (tertiary/aromatic N) is 3. The van der Waals surface area contributed by atoms with Crippen LogP contribution in [0.15, 0.2) is 29.1 Å². The topological polar surface area (TPSA) is 50.4 Å². The van der Waals surface area contributed by atoms with Gasteiger partial charge in [0.2, 0.25) is 0 Å². The van der Waals surface area contributed by atoms with E-state index in [0.717, 1.165) is 37.1 Å². The largest absolute Gasteiger partial charge is 0.396 e. The number of aromatic nitrogens is 2. The lowest BCUT2D eigenvalue weighted by atomic mass is 9.73. The Kier molecular flexibility index (Phi) is 7.43. The van der Waals surface area contributed by atoms with Crippen molar-refractivity contribution in [3.8, 4) is 12.3 Å². The second-order valence-electron chi connectivity index (χ2n) is 10.1. The fourth-order valence-corrected chi connectivity index (χ4v) is 6.31. The summed E-state index contributed by atoms with van der Waals surface area (Å²) in [7, 11) is 0. The molecule has 0 bridgehead atoms. The molecule has 5 nitrogen and oxygen atoms in total. The van der Waals surface area contributed by atoms with Crippen LogP contribution < -0.4 is 5.69 Å². The second-order valence-corrected chi connectivity index (χ2v) is 10.1. The van der Waals surface area contributed by atoms with Crippen molar-refractivity contribution >= 4 is 11.0 Å². The lowest BCUT2D eigenvalue weighted by Gasteiger charge is -2.44. The molecule has 2 heterocycles. The minimum absolute atomic E-state index is 0.00239. The summed E-state index contributed by atoms with van der Waals surface area (Å²) in [6.45, 7) is 5.68. The molecule has 1 saturated carbocycles. The highest BCUT2D eigenvalue weighted by molar-refractivity contribution is 5.76. The second kappa shape index (κ2) is 10.3. The molecule has 2 unspecified atom stereocenters. The molecular formula is C27H39N3O2. The first-order valence-electron chi connectivity index (χ1n) is 12.6. The van der Waals surface area contributed by atoms with Gasteiger partial charge in [-0.2, -0.15) is 0 Å². The van der Waals surface area contributed by atoms with Crippen LogP contribution in [-0.4, -0.2) is 45.4 Å². The monoisotopic (exact) mass is 437 g/mol. The van der Waals surface area contributed by atoms with Crippen molar-refractivity contribution in [1.29, 1.82) is 0 Å². The summed E-state index contributed by atoms with van der Waals surface area (Å²) >= 11 is 0. The molecule has 0 radical (unpaired) electrons. The Morgan fingerprint density at radius 2 is 1.81 bits per heavy atom. The van der Waals surface area contributed by atoms with Crippen LogP contribution in [-0.2, 0) is 6.54 Å². The Labute approximate surface area is 192 Å². The van der Waals surface area contributed by atoms with Crippen molar-refractivity contribution in [2.24, 2.45) is 11.3 Å². The number of para-hydroxylation sites is 2. The number of aliphatic hydroxyl groups is 1. The first-order chi connectivity index (χ1) is 15.6. The molecule has 2 fully saturated rings. The van der Waals surface area contributed by atoms with Gasteiger partial charge in [-0.3, -0.25) is 9.13 Å². The summed E-state index contributed by atoms with van der Waals surface area (Å²) in [6, 6.07) is 7.90. The normalized spacial score (nSPS) is 24.7. The van der Waals surface area contributed by atoms with Crippen LogP contribution in [0.25, 0.3) is 11.0 Å². The molecule has 1 aromatic carbocycles. The van der Waals surface area contributed by atoms with Gasteiger partial charge in [-0.1, -0.05) is 57.1 Å². The van der Waals surface area contributed by atoms with Crippen LogP contribution in [0.5, 0.6) is 0 Å². The van der Waals surface area contributed by atoms with E-state index in [1.807, 2.05) is 28.8 Å². The molecule has 0 amide bonds. The number of hydrogen-bond acceptors (Lipinski definition) is 3. The summed E-state index contributed by atoms with van der Waals surface area (Å²) in [5.74, 6) is 2.67. The number of benzene rings is 1. The summed E-state index contributed by atoms with van der Waals surface area (Å²) in [4.78, 5) is 15.9. The van der Waals surface area contributed by atoms with Gasteiger partial charge in [0.25, 0.3) is 0 Å². The van der Waals surface area contributed by atoms with Gasteiger partial charge >= 0.3 is 5.69 Å². The van der Waals surface area contributed by atoms with Crippen LogP contribution in [0.4, 0.5) is 0 Å². The standard InChI is InChI=1S/C27H39N3O2/c1-3-17-29-24-12-8-9-13-25(24)30(26(29)32)23-14-18-28(19-22(23)20-31)21-27(4-2)15-10-6-5-7-11-16-27/h1,8-9,12-13,22-23,31H,4-7,10-11,14-21H2,2H3.